The van der Waals surface area contributed by atoms with Gasteiger partial charge in [-0.05, 0) is 37.0 Å². The van der Waals surface area contributed by atoms with Crippen LogP contribution in [0.15, 0.2) is 36.9 Å². The van der Waals surface area contributed by atoms with Crippen LogP contribution in [0.1, 0.15) is 36.9 Å². The van der Waals surface area contributed by atoms with Crippen molar-refractivity contribution in [2.24, 2.45) is 0 Å². The van der Waals surface area contributed by atoms with Crippen molar-refractivity contribution in [3.05, 3.63) is 48.0 Å². The number of aryl methyl sites for hydroxylation is 2. The first-order valence-corrected chi connectivity index (χ1v) is 8.54. The van der Waals surface area contributed by atoms with Gasteiger partial charge in [0.05, 0.1) is 12.4 Å². The Balaban J connectivity index is 1.45. The number of urea groups is 1. The molecule has 3 N–H and O–H groups in total. The zero-order valence-electron chi connectivity index (χ0n) is 14.3. The number of aromatic nitrogens is 2. The number of nitrogens with one attached hydrogen (secondary N) is 3. The monoisotopic (exact) mass is 341 g/mol. The maximum absolute atomic E-state index is 12.0. The molecule has 0 saturated heterocycles. The molecule has 0 saturated carbocycles. The Kier molecular flexibility index (Phi) is 5.33. The first-order chi connectivity index (χ1) is 12.1. The number of carbonyl (C=O) groups is 2. The third-order valence-corrected chi connectivity index (χ3v) is 4.31. The van der Waals surface area contributed by atoms with E-state index in [1.807, 2.05) is 29.8 Å². The summed E-state index contributed by atoms with van der Waals surface area (Å²) in [5.74, 6) is 0.0569. The summed E-state index contributed by atoms with van der Waals surface area (Å²) in [6.45, 7) is 3.38. The highest BCUT2D eigenvalue weighted by Crippen LogP contribution is 2.26. The van der Waals surface area contributed by atoms with Gasteiger partial charge in [-0.25, -0.2) is 9.78 Å². The van der Waals surface area contributed by atoms with Crippen molar-refractivity contribution in [2.45, 2.75) is 38.8 Å². The van der Waals surface area contributed by atoms with Crippen LogP contribution in [-0.2, 0) is 17.8 Å². The van der Waals surface area contributed by atoms with Gasteiger partial charge in [0.1, 0.15) is 0 Å². The largest absolute Gasteiger partial charge is 0.338 e. The maximum atomic E-state index is 12.0. The van der Waals surface area contributed by atoms with Crippen LogP contribution in [0.2, 0.25) is 0 Å². The van der Waals surface area contributed by atoms with Crippen molar-refractivity contribution in [3.8, 4) is 0 Å². The molecule has 2 aromatic rings. The number of carbonyl (C=O) groups excluding carboxylic acids is 2. The number of rotatable bonds is 6. The smallest absolute Gasteiger partial charge is 0.315 e. The fourth-order valence-corrected chi connectivity index (χ4v) is 2.89. The molecule has 0 radical (unpaired) electrons. The number of amides is 3. The number of hydrogen-bond donors (Lipinski definition) is 3. The molecule has 0 spiro atoms. The van der Waals surface area contributed by atoms with E-state index >= 15 is 0 Å². The third-order valence-electron chi connectivity index (χ3n) is 4.31. The molecule has 7 nitrogen and oxygen atoms in total. The minimum atomic E-state index is -0.177. The van der Waals surface area contributed by atoms with Crippen LogP contribution in [0, 0.1) is 0 Å². The van der Waals surface area contributed by atoms with Gasteiger partial charge in [-0.1, -0.05) is 12.1 Å². The van der Waals surface area contributed by atoms with Gasteiger partial charge in [0.25, 0.3) is 0 Å². The van der Waals surface area contributed by atoms with Crippen LogP contribution in [0.25, 0.3) is 0 Å². The summed E-state index contributed by atoms with van der Waals surface area (Å²) >= 11 is 0. The highest BCUT2D eigenvalue weighted by Gasteiger charge is 2.17. The van der Waals surface area contributed by atoms with E-state index in [0.29, 0.717) is 13.0 Å². The van der Waals surface area contributed by atoms with Gasteiger partial charge < -0.3 is 20.5 Å². The fraction of sp³-hybridized carbons (Fsp3) is 0.389. The van der Waals surface area contributed by atoms with Crippen LogP contribution in [-0.4, -0.2) is 28.0 Å². The Labute approximate surface area is 146 Å². The second kappa shape index (κ2) is 7.83. The van der Waals surface area contributed by atoms with Crippen molar-refractivity contribution in [2.75, 3.05) is 11.9 Å². The number of anilines is 1. The van der Waals surface area contributed by atoms with Crippen LogP contribution in [0.4, 0.5) is 10.5 Å². The van der Waals surface area contributed by atoms with E-state index in [2.05, 4.69) is 27.0 Å². The van der Waals surface area contributed by atoms with E-state index in [0.717, 1.165) is 36.2 Å². The Bertz CT molecular complexity index is 742. The summed E-state index contributed by atoms with van der Waals surface area (Å²) in [6, 6.07) is 5.62. The molecule has 1 aromatic carbocycles. The number of benzene rings is 1. The highest BCUT2D eigenvalue weighted by atomic mass is 16.2. The number of hydrogen-bond acceptors (Lipinski definition) is 3. The quantitative estimate of drug-likeness (QED) is 0.704. The van der Waals surface area contributed by atoms with Gasteiger partial charge in [-0.3, -0.25) is 4.79 Å². The second-order valence-electron chi connectivity index (χ2n) is 6.24. The summed E-state index contributed by atoms with van der Waals surface area (Å²) in [6.07, 6.45) is 7.50. The normalized spacial score (nSPS) is 14.4. The molecule has 1 atom stereocenters. The molecule has 1 aliphatic rings. The van der Waals surface area contributed by atoms with Gasteiger partial charge >= 0.3 is 6.03 Å². The molecule has 1 aliphatic heterocycles. The zero-order chi connectivity index (χ0) is 17.6. The Morgan fingerprint density at radius 2 is 2.28 bits per heavy atom. The molecular formula is C18H23N5O2. The highest BCUT2D eigenvalue weighted by molar-refractivity contribution is 5.93. The van der Waals surface area contributed by atoms with Crippen molar-refractivity contribution in [1.29, 1.82) is 0 Å². The summed E-state index contributed by atoms with van der Waals surface area (Å²) in [7, 11) is 0. The third kappa shape index (κ3) is 4.59. The van der Waals surface area contributed by atoms with E-state index in [-0.39, 0.29) is 18.0 Å². The molecule has 0 aliphatic carbocycles. The van der Waals surface area contributed by atoms with Gasteiger partial charge in [-0.15, -0.1) is 0 Å². The SMILES string of the molecule is C[C@@H](NC(=O)NCCCn1ccnc1)c1ccc2c(c1)CCC(=O)N2. The van der Waals surface area contributed by atoms with Crippen LogP contribution in [0.3, 0.4) is 0 Å². The molecule has 3 rings (SSSR count). The molecule has 2 heterocycles. The first kappa shape index (κ1) is 17.0. The molecule has 3 amide bonds. The molecule has 25 heavy (non-hydrogen) atoms. The van der Waals surface area contributed by atoms with Crippen molar-refractivity contribution in [3.63, 3.8) is 0 Å². The predicted octanol–water partition coefficient (Wildman–Crippen LogP) is 2.22. The molecule has 7 heteroatoms. The summed E-state index contributed by atoms with van der Waals surface area (Å²) in [5.41, 5.74) is 3.02. The minimum absolute atomic E-state index is 0.0569. The Hall–Kier alpha value is -2.83. The zero-order valence-corrected chi connectivity index (χ0v) is 14.3. The van der Waals surface area contributed by atoms with Crippen molar-refractivity contribution < 1.29 is 9.59 Å². The van der Waals surface area contributed by atoms with Crippen molar-refractivity contribution in [1.82, 2.24) is 20.2 Å². The van der Waals surface area contributed by atoms with Crippen LogP contribution >= 0.6 is 0 Å². The lowest BCUT2D eigenvalue weighted by Gasteiger charge is -2.20. The molecule has 1 aromatic heterocycles. The average Bonchev–Trinajstić information content (AvgIpc) is 3.11. The van der Waals surface area contributed by atoms with E-state index < -0.39 is 0 Å². The summed E-state index contributed by atoms with van der Waals surface area (Å²) < 4.78 is 1.98. The minimum Gasteiger partial charge on any atom is -0.338 e. The average molecular weight is 341 g/mol. The molecule has 0 unspecified atom stereocenters. The molecule has 0 bridgehead atoms. The Morgan fingerprint density at radius 1 is 1.40 bits per heavy atom. The lowest BCUT2D eigenvalue weighted by Crippen LogP contribution is -2.37. The van der Waals surface area contributed by atoms with E-state index in [9.17, 15) is 9.59 Å². The second-order valence-corrected chi connectivity index (χ2v) is 6.24. The van der Waals surface area contributed by atoms with E-state index in [1.165, 1.54) is 0 Å². The Morgan fingerprint density at radius 3 is 3.08 bits per heavy atom. The van der Waals surface area contributed by atoms with Crippen LogP contribution < -0.4 is 16.0 Å². The topological polar surface area (TPSA) is 88.1 Å². The predicted molar refractivity (Wildman–Crippen MR) is 95.2 cm³/mol. The van der Waals surface area contributed by atoms with Gasteiger partial charge in [0.2, 0.25) is 5.91 Å². The summed E-state index contributed by atoms with van der Waals surface area (Å²) in [4.78, 5) is 27.4. The number of nitrogens with zero attached hydrogens (tertiary/aromatic N) is 2. The fourth-order valence-electron chi connectivity index (χ4n) is 2.89. The lowest BCUT2D eigenvalue weighted by atomic mass is 9.98. The lowest BCUT2D eigenvalue weighted by molar-refractivity contribution is -0.116. The van der Waals surface area contributed by atoms with Crippen molar-refractivity contribution >= 4 is 17.6 Å². The molecular weight excluding hydrogens is 318 g/mol. The summed E-state index contributed by atoms with van der Waals surface area (Å²) in [5, 5.41) is 8.69. The van der Waals surface area contributed by atoms with Gasteiger partial charge in [0, 0.05) is 37.6 Å². The first-order valence-electron chi connectivity index (χ1n) is 8.54. The maximum Gasteiger partial charge on any atom is 0.315 e. The number of fused-ring (bicyclic) bond motifs is 1. The number of imidazole rings is 1. The molecule has 132 valence electrons. The van der Waals surface area contributed by atoms with E-state index in [1.54, 1.807) is 12.5 Å². The van der Waals surface area contributed by atoms with E-state index in [4.69, 9.17) is 0 Å². The molecule has 0 fully saturated rings. The van der Waals surface area contributed by atoms with Crippen LogP contribution in [0.5, 0.6) is 0 Å². The van der Waals surface area contributed by atoms with Gasteiger partial charge in [0.15, 0.2) is 0 Å². The standard InChI is InChI=1S/C18H23N5O2/c1-13(14-3-5-16-15(11-14)4-6-17(24)22-16)21-18(25)20-7-2-9-23-10-8-19-12-23/h3,5,8,10-13H,2,4,6-7,9H2,1H3,(H,22,24)(H2,20,21,25)/t13-/m1/s1. The van der Waals surface area contributed by atoms with Gasteiger partial charge in [-0.2, -0.15) is 0 Å².